The number of amides is 2. The van der Waals surface area contributed by atoms with E-state index in [0.29, 0.717) is 12.1 Å². The summed E-state index contributed by atoms with van der Waals surface area (Å²) >= 11 is 0. The lowest BCUT2D eigenvalue weighted by atomic mass is 9.94. The first-order valence-electron chi connectivity index (χ1n) is 5.82. The van der Waals surface area contributed by atoms with E-state index >= 15 is 0 Å². The number of hydrogen-bond acceptors (Lipinski definition) is 2. The van der Waals surface area contributed by atoms with Crippen molar-refractivity contribution in [2.75, 3.05) is 0 Å². The van der Waals surface area contributed by atoms with Crippen LogP contribution >= 0.6 is 0 Å². The summed E-state index contributed by atoms with van der Waals surface area (Å²) in [5, 5.41) is 14.2. The Kier molecular flexibility index (Phi) is 3.50. The van der Waals surface area contributed by atoms with E-state index in [0.717, 1.165) is 0 Å². The molecule has 2 rings (SSSR count). The van der Waals surface area contributed by atoms with Crippen molar-refractivity contribution in [3.63, 3.8) is 0 Å². The molecule has 1 aliphatic rings. The number of rotatable bonds is 3. The Bertz CT molecular complexity index is 569. The second-order valence-corrected chi connectivity index (χ2v) is 4.10. The molecule has 2 amide bonds. The van der Waals surface area contributed by atoms with Crippen LogP contribution in [0.4, 0.5) is 9.18 Å². The van der Waals surface area contributed by atoms with Crippen molar-refractivity contribution in [1.29, 1.82) is 0 Å². The molecule has 0 radical (unpaired) electrons. The predicted octanol–water partition coefficient (Wildman–Crippen LogP) is 1.93. The average Bonchev–Trinajstić information content (AvgIpc) is 2.37. The van der Waals surface area contributed by atoms with E-state index in [-0.39, 0.29) is 11.1 Å². The van der Waals surface area contributed by atoms with E-state index in [1.165, 1.54) is 18.2 Å². The smallest absolute Gasteiger partial charge is 0.335 e. The third-order valence-corrected chi connectivity index (χ3v) is 2.95. The fourth-order valence-corrected chi connectivity index (χ4v) is 2.09. The van der Waals surface area contributed by atoms with Crippen molar-refractivity contribution < 1.29 is 19.1 Å². The standard InChI is InChI=1S/C13H13FN2O3/c1-2-9-10(12(17)18)11(16-13(19)15-9)7-5-3-4-6-8(7)14/h3-6,11H,2H2,1H3,(H,17,18)(H2,15,16,19). The van der Waals surface area contributed by atoms with E-state index in [9.17, 15) is 19.1 Å². The van der Waals surface area contributed by atoms with Crippen LogP contribution in [0, 0.1) is 5.82 Å². The maximum Gasteiger partial charge on any atom is 0.335 e. The molecule has 1 aromatic carbocycles. The Morgan fingerprint density at radius 2 is 2.11 bits per heavy atom. The predicted molar refractivity (Wildman–Crippen MR) is 65.8 cm³/mol. The van der Waals surface area contributed by atoms with Crippen molar-refractivity contribution in [3.8, 4) is 0 Å². The Labute approximate surface area is 109 Å². The van der Waals surface area contributed by atoms with Crippen molar-refractivity contribution in [2.24, 2.45) is 0 Å². The monoisotopic (exact) mass is 264 g/mol. The number of carboxylic acids is 1. The first-order chi connectivity index (χ1) is 9.04. The van der Waals surface area contributed by atoms with Gasteiger partial charge >= 0.3 is 12.0 Å². The van der Waals surface area contributed by atoms with Crippen LogP contribution in [-0.4, -0.2) is 17.1 Å². The van der Waals surface area contributed by atoms with E-state index in [2.05, 4.69) is 10.6 Å². The van der Waals surface area contributed by atoms with Gasteiger partial charge in [-0.25, -0.2) is 14.0 Å². The van der Waals surface area contributed by atoms with Crippen LogP contribution in [0.25, 0.3) is 0 Å². The molecule has 1 aromatic rings. The van der Waals surface area contributed by atoms with Crippen molar-refractivity contribution in [1.82, 2.24) is 10.6 Å². The van der Waals surface area contributed by atoms with Crippen molar-refractivity contribution in [3.05, 3.63) is 46.9 Å². The summed E-state index contributed by atoms with van der Waals surface area (Å²) in [7, 11) is 0. The summed E-state index contributed by atoms with van der Waals surface area (Å²) in [6, 6.07) is 4.28. The van der Waals surface area contributed by atoms with E-state index in [1.54, 1.807) is 13.0 Å². The van der Waals surface area contributed by atoms with Gasteiger partial charge in [-0.15, -0.1) is 0 Å². The number of carbonyl (C=O) groups is 2. The summed E-state index contributed by atoms with van der Waals surface area (Å²) in [4.78, 5) is 22.9. The minimum Gasteiger partial charge on any atom is -0.478 e. The molecule has 1 atom stereocenters. The van der Waals surface area contributed by atoms with Crippen LogP contribution in [0.1, 0.15) is 24.9 Å². The number of benzene rings is 1. The highest BCUT2D eigenvalue weighted by atomic mass is 19.1. The molecule has 0 bridgehead atoms. The third kappa shape index (κ3) is 2.42. The van der Waals surface area contributed by atoms with Crippen LogP contribution in [0.2, 0.25) is 0 Å². The average molecular weight is 264 g/mol. The molecule has 0 saturated heterocycles. The van der Waals surface area contributed by atoms with E-state index < -0.39 is 23.9 Å². The van der Waals surface area contributed by atoms with Gasteiger partial charge in [0.1, 0.15) is 5.82 Å². The largest absolute Gasteiger partial charge is 0.478 e. The minimum absolute atomic E-state index is 0.0350. The number of hydrogen-bond donors (Lipinski definition) is 3. The molecule has 3 N–H and O–H groups in total. The minimum atomic E-state index is -1.18. The summed E-state index contributed by atoms with van der Waals surface area (Å²) in [6.07, 6.45) is 0.347. The normalized spacial score (nSPS) is 18.8. The van der Waals surface area contributed by atoms with Gasteiger partial charge in [-0.05, 0) is 12.5 Å². The lowest BCUT2D eigenvalue weighted by molar-refractivity contribution is -0.133. The number of aliphatic carboxylic acids is 1. The van der Waals surface area contributed by atoms with Gasteiger partial charge < -0.3 is 15.7 Å². The Morgan fingerprint density at radius 3 is 2.68 bits per heavy atom. The maximum absolute atomic E-state index is 13.8. The molecule has 6 heteroatoms. The number of urea groups is 1. The Hall–Kier alpha value is -2.37. The van der Waals surface area contributed by atoms with Gasteiger partial charge in [0.05, 0.1) is 11.6 Å². The lowest BCUT2D eigenvalue weighted by Crippen LogP contribution is -2.45. The number of halogens is 1. The molecule has 1 aliphatic heterocycles. The molecule has 5 nitrogen and oxygen atoms in total. The number of allylic oxidation sites excluding steroid dienone is 1. The van der Waals surface area contributed by atoms with Gasteiger partial charge in [0.2, 0.25) is 0 Å². The SMILES string of the molecule is CCC1=C(C(=O)O)C(c2ccccc2F)NC(=O)N1. The highest BCUT2D eigenvalue weighted by molar-refractivity contribution is 5.93. The van der Waals surface area contributed by atoms with Crippen LogP contribution in [0.3, 0.4) is 0 Å². The second-order valence-electron chi connectivity index (χ2n) is 4.10. The molecular formula is C13H13FN2O3. The van der Waals surface area contributed by atoms with Gasteiger partial charge in [0.25, 0.3) is 0 Å². The molecule has 0 saturated carbocycles. The summed E-state index contributed by atoms with van der Waals surface area (Å²) in [5.74, 6) is -1.73. The molecule has 1 unspecified atom stereocenters. The van der Waals surface area contributed by atoms with Crippen LogP contribution < -0.4 is 10.6 Å². The number of carbonyl (C=O) groups excluding carboxylic acids is 1. The summed E-state index contributed by atoms with van der Waals surface area (Å²) in [5.41, 5.74) is 0.400. The molecule has 100 valence electrons. The van der Waals surface area contributed by atoms with E-state index in [4.69, 9.17) is 0 Å². The van der Waals surface area contributed by atoms with E-state index in [1.807, 2.05) is 0 Å². The number of nitrogens with one attached hydrogen (secondary N) is 2. The molecule has 0 aromatic heterocycles. The zero-order chi connectivity index (χ0) is 14.0. The van der Waals surface area contributed by atoms with Crippen LogP contribution in [0.15, 0.2) is 35.5 Å². The fourth-order valence-electron chi connectivity index (χ4n) is 2.09. The molecule has 0 spiro atoms. The zero-order valence-electron chi connectivity index (χ0n) is 10.2. The van der Waals surface area contributed by atoms with Crippen LogP contribution in [0.5, 0.6) is 0 Å². The highest BCUT2D eigenvalue weighted by Crippen LogP contribution is 2.29. The third-order valence-electron chi connectivity index (χ3n) is 2.95. The quantitative estimate of drug-likeness (QED) is 0.780. The topological polar surface area (TPSA) is 78.4 Å². The van der Waals surface area contributed by atoms with Gasteiger partial charge in [-0.2, -0.15) is 0 Å². The molecule has 0 fully saturated rings. The molecule has 0 aliphatic carbocycles. The Morgan fingerprint density at radius 1 is 1.42 bits per heavy atom. The van der Waals surface area contributed by atoms with Crippen molar-refractivity contribution >= 4 is 12.0 Å². The second kappa shape index (κ2) is 5.09. The highest BCUT2D eigenvalue weighted by Gasteiger charge is 2.33. The first-order valence-corrected chi connectivity index (χ1v) is 5.82. The molecule has 19 heavy (non-hydrogen) atoms. The maximum atomic E-state index is 13.8. The van der Waals surface area contributed by atoms with Gasteiger partial charge in [0.15, 0.2) is 0 Å². The molecular weight excluding hydrogens is 251 g/mol. The van der Waals surface area contributed by atoms with Gasteiger partial charge in [-0.3, -0.25) is 0 Å². The van der Waals surface area contributed by atoms with Gasteiger partial charge in [-0.1, -0.05) is 25.1 Å². The Balaban J connectivity index is 2.56. The summed E-state index contributed by atoms with van der Waals surface area (Å²) in [6.45, 7) is 1.72. The van der Waals surface area contributed by atoms with Crippen LogP contribution in [-0.2, 0) is 4.79 Å². The summed E-state index contributed by atoms with van der Waals surface area (Å²) < 4.78 is 13.8. The van der Waals surface area contributed by atoms with Crippen molar-refractivity contribution in [2.45, 2.75) is 19.4 Å². The molecule has 1 heterocycles. The zero-order valence-corrected chi connectivity index (χ0v) is 10.2. The fraction of sp³-hybridized carbons (Fsp3) is 0.231. The lowest BCUT2D eigenvalue weighted by Gasteiger charge is -2.28. The number of carboxylic acid groups (broad SMARTS) is 1. The van der Waals surface area contributed by atoms with Gasteiger partial charge in [0, 0.05) is 11.3 Å². The first kappa shape index (κ1) is 13.1.